The molecule has 0 saturated carbocycles. The Hall–Kier alpha value is -1.26. The molecule has 0 spiro atoms. The molecule has 2 N–H and O–H groups in total. The van der Waals surface area contributed by atoms with Gasteiger partial charge in [0, 0.05) is 13.0 Å². The van der Waals surface area contributed by atoms with E-state index in [0.29, 0.717) is 16.6 Å². The molecule has 0 heterocycles. The number of hydrogen-bond acceptors (Lipinski definition) is 2. The Bertz CT molecular complexity index is 505. The van der Waals surface area contributed by atoms with Crippen LogP contribution in [0.2, 0.25) is 10.0 Å². The lowest BCUT2D eigenvalue weighted by molar-refractivity contribution is -0.138. The second-order valence-electron chi connectivity index (χ2n) is 4.84. The number of benzene rings is 1. The van der Waals surface area contributed by atoms with Crippen LogP contribution in [-0.2, 0) is 9.59 Å². The van der Waals surface area contributed by atoms with E-state index in [2.05, 4.69) is 5.32 Å². The number of halogens is 2. The molecule has 110 valence electrons. The van der Waals surface area contributed by atoms with E-state index in [4.69, 9.17) is 28.3 Å². The molecule has 0 aliphatic heterocycles. The third kappa shape index (κ3) is 5.02. The van der Waals surface area contributed by atoms with Gasteiger partial charge in [-0.15, -0.1) is 0 Å². The van der Waals surface area contributed by atoms with Gasteiger partial charge in [-0.1, -0.05) is 36.2 Å². The lowest BCUT2D eigenvalue weighted by Crippen LogP contribution is -2.32. The lowest BCUT2D eigenvalue weighted by Gasteiger charge is -2.15. The molecule has 20 heavy (non-hydrogen) atoms. The van der Waals surface area contributed by atoms with E-state index in [0.717, 1.165) is 5.56 Å². The number of aliphatic carboxylic acids is 1. The summed E-state index contributed by atoms with van der Waals surface area (Å²) >= 11 is 11.7. The number of rotatable bonds is 6. The van der Waals surface area contributed by atoms with Gasteiger partial charge in [0.25, 0.3) is 0 Å². The van der Waals surface area contributed by atoms with E-state index < -0.39 is 5.97 Å². The van der Waals surface area contributed by atoms with Gasteiger partial charge in [-0.3, -0.25) is 9.59 Å². The minimum absolute atomic E-state index is 0.0292. The molecule has 0 aromatic heterocycles. The van der Waals surface area contributed by atoms with Crippen LogP contribution in [0.1, 0.15) is 31.7 Å². The maximum absolute atomic E-state index is 12.0. The van der Waals surface area contributed by atoms with Gasteiger partial charge in [0.2, 0.25) is 5.91 Å². The normalized spacial score (nSPS) is 13.6. The molecule has 1 rings (SSSR count). The molecule has 0 fully saturated rings. The number of amides is 1. The quantitative estimate of drug-likeness (QED) is 0.845. The fraction of sp³-hybridized carbons (Fsp3) is 0.429. The standard InChI is InChI=1S/C14H17Cl2NO3/c1-8(5-13(18)19)7-17-14(20)9(2)10-3-4-11(15)12(16)6-10/h3-4,6,8-9H,5,7H2,1-2H3,(H,17,20)(H,18,19). The second kappa shape index (κ2) is 7.50. The topological polar surface area (TPSA) is 66.4 Å². The maximum Gasteiger partial charge on any atom is 0.303 e. The van der Waals surface area contributed by atoms with Gasteiger partial charge in [-0.25, -0.2) is 0 Å². The molecule has 4 nitrogen and oxygen atoms in total. The van der Waals surface area contributed by atoms with Crippen molar-refractivity contribution in [3.05, 3.63) is 33.8 Å². The molecule has 6 heteroatoms. The Morgan fingerprint density at radius 1 is 1.25 bits per heavy atom. The molecule has 0 aliphatic carbocycles. The summed E-state index contributed by atoms with van der Waals surface area (Å²) in [6, 6.07) is 5.06. The molecule has 0 aliphatic rings. The molecular weight excluding hydrogens is 301 g/mol. The van der Waals surface area contributed by atoms with Crippen LogP contribution in [0.3, 0.4) is 0 Å². The highest BCUT2D eigenvalue weighted by atomic mass is 35.5. The van der Waals surface area contributed by atoms with Gasteiger partial charge < -0.3 is 10.4 Å². The van der Waals surface area contributed by atoms with Gasteiger partial charge >= 0.3 is 5.97 Å². The van der Waals surface area contributed by atoms with E-state index in [-0.39, 0.29) is 24.2 Å². The van der Waals surface area contributed by atoms with Gasteiger partial charge in [0.1, 0.15) is 0 Å². The van der Waals surface area contributed by atoms with Crippen molar-refractivity contribution in [1.82, 2.24) is 5.32 Å². The van der Waals surface area contributed by atoms with E-state index in [1.165, 1.54) is 0 Å². The molecule has 1 amide bonds. The van der Waals surface area contributed by atoms with Crippen molar-refractivity contribution in [3.63, 3.8) is 0 Å². The summed E-state index contributed by atoms with van der Waals surface area (Å²) in [6.45, 7) is 3.87. The van der Waals surface area contributed by atoms with Gasteiger partial charge in [0.15, 0.2) is 0 Å². The van der Waals surface area contributed by atoms with Crippen LogP contribution in [0.25, 0.3) is 0 Å². The van der Waals surface area contributed by atoms with Crippen molar-refractivity contribution in [2.45, 2.75) is 26.2 Å². The number of carboxylic acid groups (broad SMARTS) is 1. The van der Waals surface area contributed by atoms with Crippen LogP contribution in [0, 0.1) is 5.92 Å². The van der Waals surface area contributed by atoms with Crippen LogP contribution in [0.15, 0.2) is 18.2 Å². The number of carbonyl (C=O) groups is 2. The zero-order valence-electron chi connectivity index (χ0n) is 11.3. The van der Waals surface area contributed by atoms with E-state index in [1.807, 2.05) is 0 Å². The van der Waals surface area contributed by atoms with Gasteiger partial charge in [-0.05, 0) is 30.5 Å². The molecular formula is C14H17Cl2NO3. The molecule has 0 radical (unpaired) electrons. The summed E-state index contributed by atoms with van der Waals surface area (Å²) in [4.78, 5) is 22.5. The van der Waals surface area contributed by atoms with E-state index in [1.54, 1.807) is 32.0 Å². The molecule has 1 aromatic carbocycles. The van der Waals surface area contributed by atoms with Crippen molar-refractivity contribution in [1.29, 1.82) is 0 Å². The highest BCUT2D eigenvalue weighted by molar-refractivity contribution is 6.42. The predicted octanol–water partition coefficient (Wildman–Crippen LogP) is 3.32. The van der Waals surface area contributed by atoms with Crippen LogP contribution < -0.4 is 5.32 Å². The van der Waals surface area contributed by atoms with Gasteiger partial charge in [0.05, 0.1) is 16.0 Å². The van der Waals surface area contributed by atoms with Crippen LogP contribution in [-0.4, -0.2) is 23.5 Å². The summed E-state index contributed by atoms with van der Waals surface area (Å²) < 4.78 is 0. The largest absolute Gasteiger partial charge is 0.481 e. The molecule has 2 atom stereocenters. The first-order chi connectivity index (χ1) is 9.31. The third-order valence-electron chi connectivity index (χ3n) is 2.98. The molecule has 1 aromatic rings. The van der Waals surface area contributed by atoms with Crippen molar-refractivity contribution in [2.75, 3.05) is 6.54 Å². The van der Waals surface area contributed by atoms with Crippen molar-refractivity contribution in [3.8, 4) is 0 Å². The number of hydrogen-bond donors (Lipinski definition) is 2. The lowest BCUT2D eigenvalue weighted by atomic mass is 10.00. The Balaban J connectivity index is 2.58. The Kier molecular flexibility index (Phi) is 6.30. The first-order valence-electron chi connectivity index (χ1n) is 6.25. The first-order valence-corrected chi connectivity index (χ1v) is 7.01. The monoisotopic (exact) mass is 317 g/mol. The van der Waals surface area contributed by atoms with Crippen molar-refractivity contribution >= 4 is 35.1 Å². The van der Waals surface area contributed by atoms with E-state index in [9.17, 15) is 9.59 Å². The summed E-state index contributed by atoms with van der Waals surface area (Å²) in [5.41, 5.74) is 0.766. The van der Waals surface area contributed by atoms with Crippen molar-refractivity contribution in [2.24, 2.45) is 5.92 Å². The molecule has 0 saturated heterocycles. The smallest absolute Gasteiger partial charge is 0.303 e. The van der Waals surface area contributed by atoms with Crippen LogP contribution >= 0.6 is 23.2 Å². The summed E-state index contributed by atoms with van der Waals surface area (Å²) in [5, 5.41) is 12.2. The highest BCUT2D eigenvalue weighted by Crippen LogP contribution is 2.26. The van der Waals surface area contributed by atoms with E-state index >= 15 is 0 Å². The van der Waals surface area contributed by atoms with Gasteiger partial charge in [-0.2, -0.15) is 0 Å². The average molecular weight is 318 g/mol. The zero-order chi connectivity index (χ0) is 15.3. The van der Waals surface area contributed by atoms with Crippen LogP contribution in [0.5, 0.6) is 0 Å². The highest BCUT2D eigenvalue weighted by Gasteiger charge is 2.17. The minimum atomic E-state index is -0.871. The SMILES string of the molecule is CC(CNC(=O)C(C)c1ccc(Cl)c(Cl)c1)CC(=O)O. The fourth-order valence-corrected chi connectivity index (χ4v) is 2.04. The summed E-state index contributed by atoms with van der Waals surface area (Å²) in [5.74, 6) is -1.52. The minimum Gasteiger partial charge on any atom is -0.481 e. The Morgan fingerprint density at radius 3 is 2.45 bits per heavy atom. The third-order valence-corrected chi connectivity index (χ3v) is 3.72. The zero-order valence-corrected chi connectivity index (χ0v) is 12.8. The first kappa shape index (κ1) is 16.8. The molecule has 0 bridgehead atoms. The van der Waals surface area contributed by atoms with Crippen LogP contribution in [0.4, 0.5) is 0 Å². The maximum atomic E-state index is 12.0. The number of carboxylic acids is 1. The summed E-state index contributed by atoms with van der Waals surface area (Å²) in [7, 11) is 0. The molecule has 2 unspecified atom stereocenters. The number of nitrogens with one attached hydrogen (secondary N) is 1. The Morgan fingerprint density at radius 2 is 1.90 bits per heavy atom. The summed E-state index contributed by atoms with van der Waals surface area (Å²) in [6.07, 6.45) is 0.0292. The number of carbonyl (C=O) groups excluding carboxylic acids is 1. The fourth-order valence-electron chi connectivity index (χ4n) is 1.73. The Labute approximate surface area is 128 Å². The average Bonchev–Trinajstić information content (AvgIpc) is 2.37. The van der Waals surface area contributed by atoms with Crippen molar-refractivity contribution < 1.29 is 14.7 Å². The predicted molar refractivity (Wildman–Crippen MR) is 79.3 cm³/mol. The second-order valence-corrected chi connectivity index (χ2v) is 5.66.